The van der Waals surface area contributed by atoms with Gasteiger partial charge in [-0.2, -0.15) is 4.72 Å². The number of sulfonamides is 1. The van der Waals surface area contributed by atoms with Crippen LogP contribution in [0, 0.1) is 0 Å². The molecular weight excluding hydrogens is 270 g/mol. The third-order valence-corrected chi connectivity index (χ3v) is 3.57. The number of esters is 1. The van der Waals surface area contributed by atoms with Crippen LogP contribution >= 0.6 is 0 Å². The molecule has 19 heavy (non-hydrogen) atoms. The zero-order chi connectivity index (χ0) is 14.3. The van der Waals surface area contributed by atoms with Gasteiger partial charge in [-0.1, -0.05) is 18.2 Å². The molecule has 1 atom stereocenters. The second kappa shape index (κ2) is 7.22. The van der Waals surface area contributed by atoms with Gasteiger partial charge in [-0.15, -0.1) is 0 Å². The van der Waals surface area contributed by atoms with Crippen molar-refractivity contribution in [3.8, 4) is 0 Å². The van der Waals surface area contributed by atoms with Crippen molar-refractivity contribution in [1.82, 2.24) is 4.72 Å². The molecule has 106 valence electrons. The maximum atomic E-state index is 12.0. The maximum absolute atomic E-state index is 12.0. The number of rotatable bonds is 7. The van der Waals surface area contributed by atoms with E-state index in [2.05, 4.69) is 4.72 Å². The van der Waals surface area contributed by atoms with Crippen molar-refractivity contribution in [3.63, 3.8) is 0 Å². The summed E-state index contributed by atoms with van der Waals surface area (Å²) in [7, 11) is -3.82. The normalized spacial score (nSPS) is 12.9. The fraction of sp³-hybridized carbons (Fsp3) is 0.417. The molecule has 0 aliphatic carbocycles. The Morgan fingerprint density at radius 1 is 1.21 bits per heavy atom. The van der Waals surface area contributed by atoms with Crippen LogP contribution in [0.1, 0.15) is 13.8 Å². The zero-order valence-electron chi connectivity index (χ0n) is 10.8. The van der Waals surface area contributed by atoms with Crippen molar-refractivity contribution in [2.45, 2.75) is 25.0 Å². The first kappa shape index (κ1) is 15.6. The molecule has 7 heteroatoms. The number of hydrogen-bond donors (Lipinski definition) is 1. The molecule has 0 saturated carbocycles. The molecule has 0 saturated heterocycles. The van der Waals surface area contributed by atoms with Gasteiger partial charge in [0.25, 0.3) is 0 Å². The van der Waals surface area contributed by atoms with Crippen LogP contribution in [-0.4, -0.2) is 33.8 Å². The van der Waals surface area contributed by atoms with Gasteiger partial charge in [0.15, 0.2) is 0 Å². The van der Waals surface area contributed by atoms with E-state index in [1.807, 2.05) is 0 Å². The SMILES string of the molecule is CCOC(=O)C(NS(=O)(=O)c1ccccc1)OCC. The Labute approximate surface area is 112 Å². The van der Waals surface area contributed by atoms with Gasteiger partial charge in [-0.05, 0) is 26.0 Å². The molecule has 1 rings (SSSR count). The average Bonchev–Trinajstić information content (AvgIpc) is 2.39. The minimum atomic E-state index is -3.82. The molecule has 0 aliphatic rings. The fourth-order valence-electron chi connectivity index (χ4n) is 1.34. The molecule has 1 aromatic rings. The lowest BCUT2D eigenvalue weighted by molar-refractivity contribution is -0.157. The fourth-order valence-corrected chi connectivity index (χ4v) is 2.44. The monoisotopic (exact) mass is 287 g/mol. The smallest absolute Gasteiger partial charge is 0.351 e. The Morgan fingerprint density at radius 2 is 1.84 bits per heavy atom. The zero-order valence-corrected chi connectivity index (χ0v) is 11.6. The van der Waals surface area contributed by atoms with Crippen LogP contribution in [0.3, 0.4) is 0 Å². The van der Waals surface area contributed by atoms with E-state index < -0.39 is 22.2 Å². The summed E-state index contributed by atoms with van der Waals surface area (Å²) in [6, 6.07) is 7.74. The molecule has 0 bridgehead atoms. The Bertz CT molecular complexity index is 500. The second-order valence-corrected chi connectivity index (χ2v) is 5.24. The minimum absolute atomic E-state index is 0.0593. The highest BCUT2D eigenvalue weighted by Crippen LogP contribution is 2.09. The van der Waals surface area contributed by atoms with Gasteiger partial charge in [-0.3, -0.25) is 0 Å². The number of carbonyl (C=O) groups is 1. The number of hydrogen-bond acceptors (Lipinski definition) is 5. The molecule has 0 aliphatic heterocycles. The average molecular weight is 287 g/mol. The Hall–Kier alpha value is -1.44. The highest BCUT2D eigenvalue weighted by atomic mass is 32.2. The van der Waals surface area contributed by atoms with Crippen LogP contribution in [0.4, 0.5) is 0 Å². The van der Waals surface area contributed by atoms with Gasteiger partial charge in [0.2, 0.25) is 16.3 Å². The number of ether oxygens (including phenoxy) is 2. The summed E-state index contributed by atoms with van der Waals surface area (Å²) in [6.07, 6.45) is -1.34. The molecule has 0 heterocycles. The van der Waals surface area contributed by atoms with Gasteiger partial charge in [0.1, 0.15) is 0 Å². The van der Waals surface area contributed by atoms with Crippen LogP contribution < -0.4 is 4.72 Å². The Kier molecular flexibility index (Phi) is 5.94. The second-order valence-electron chi connectivity index (χ2n) is 3.52. The van der Waals surface area contributed by atoms with E-state index in [4.69, 9.17) is 9.47 Å². The lowest BCUT2D eigenvalue weighted by Crippen LogP contribution is -2.43. The third-order valence-electron chi connectivity index (χ3n) is 2.15. The van der Waals surface area contributed by atoms with Crippen LogP contribution in [0.25, 0.3) is 0 Å². The van der Waals surface area contributed by atoms with Gasteiger partial charge in [0, 0.05) is 6.61 Å². The van der Waals surface area contributed by atoms with Gasteiger partial charge >= 0.3 is 5.97 Å². The lowest BCUT2D eigenvalue weighted by Gasteiger charge is -2.17. The summed E-state index contributed by atoms with van der Waals surface area (Å²) >= 11 is 0. The maximum Gasteiger partial charge on any atom is 0.351 e. The number of benzene rings is 1. The molecule has 1 N–H and O–H groups in total. The molecule has 0 spiro atoms. The van der Waals surface area contributed by atoms with Crippen molar-refractivity contribution in [3.05, 3.63) is 30.3 Å². The number of carbonyl (C=O) groups excluding carboxylic acids is 1. The van der Waals surface area contributed by atoms with Gasteiger partial charge in [0.05, 0.1) is 11.5 Å². The topological polar surface area (TPSA) is 81.7 Å². The van der Waals surface area contributed by atoms with Crippen LogP contribution in [-0.2, 0) is 24.3 Å². The van der Waals surface area contributed by atoms with Crippen molar-refractivity contribution in [2.75, 3.05) is 13.2 Å². The highest BCUT2D eigenvalue weighted by Gasteiger charge is 2.26. The first-order valence-electron chi connectivity index (χ1n) is 5.87. The predicted octanol–water partition coefficient (Wildman–Crippen LogP) is 0.891. The summed E-state index contributed by atoms with van der Waals surface area (Å²) in [6.45, 7) is 3.62. The summed E-state index contributed by atoms with van der Waals surface area (Å²) < 4.78 is 36.0. The molecule has 1 aromatic carbocycles. The van der Waals surface area contributed by atoms with Gasteiger partial charge < -0.3 is 9.47 Å². The molecule has 0 amide bonds. The summed E-state index contributed by atoms with van der Waals surface area (Å²) in [5.41, 5.74) is 0. The lowest BCUT2D eigenvalue weighted by atomic mass is 10.4. The minimum Gasteiger partial charge on any atom is -0.463 e. The third kappa shape index (κ3) is 4.62. The Morgan fingerprint density at radius 3 is 2.37 bits per heavy atom. The molecule has 0 aromatic heterocycles. The predicted molar refractivity (Wildman–Crippen MR) is 68.8 cm³/mol. The molecular formula is C12H17NO5S. The summed E-state index contributed by atoms with van der Waals surface area (Å²) in [4.78, 5) is 11.6. The van der Waals surface area contributed by atoms with E-state index in [-0.39, 0.29) is 18.1 Å². The van der Waals surface area contributed by atoms with Gasteiger partial charge in [-0.25, -0.2) is 13.2 Å². The van der Waals surface area contributed by atoms with Crippen molar-refractivity contribution < 1.29 is 22.7 Å². The van der Waals surface area contributed by atoms with E-state index in [9.17, 15) is 13.2 Å². The van der Waals surface area contributed by atoms with E-state index >= 15 is 0 Å². The first-order valence-corrected chi connectivity index (χ1v) is 7.35. The van der Waals surface area contributed by atoms with E-state index in [1.54, 1.807) is 32.0 Å². The molecule has 1 unspecified atom stereocenters. The molecule has 0 radical (unpaired) electrons. The highest BCUT2D eigenvalue weighted by molar-refractivity contribution is 7.89. The summed E-state index contributed by atoms with van der Waals surface area (Å²) in [5.74, 6) is -0.760. The van der Waals surface area contributed by atoms with E-state index in [0.29, 0.717) is 0 Å². The number of nitrogens with one attached hydrogen (secondary N) is 1. The van der Waals surface area contributed by atoms with Crippen LogP contribution in [0.15, 0.2) is 35.2 Å². The Balaban J connectivity index is 2.87. The standard InChI is InChI=1S/C12H17NO5S/c1-3-17-11(12(14)18-4-2)13-19(15,16)10-8-6-5-7-9-10/h5-9,11,13H,3-4H2,1-2H3. The van der Waals surface area contributed by atoms with E-state index in [0.717, 1.165) is 0 Å². The van der Waals surface area contributed by atoms with Crippen molar-refractivity contribution in [1.29, 1.82) is 0 Å². The van der Waals surface area contributed by atoms with Crippen molar-refractivity contribution >= 4 is 16.0 Å². The summed E-state index contributed by atoms with van der Waals surface area (Å²) in [5, 5.41) is 0. The quantitative estimate of drug-likeness (QED) is 0.595. The van der Waals surface area contributed by atoms with Crippen LogP contribution in [0.2, 0.25) is 0 Å². The largest absolute Gasteiger partial charge is 0.463 e. The van der Waals surface area contributed by atoms with Crippen molar-refractivity contribution in [2.24, 2.45) is 0 Å². The first-order chi connectivity index (χ1) is 9.01. The molecule has 6 nitrogen and oxygen atoms in total. The van der Waals surface area contributed by atoms with Crippen LogP contribution in [0.5, 0.6) is 0 Å². The van der Waals surface area contributed by atoms with E-state index in [1.165, 1.54) is 12.1 Å². The molecule has 0 fully saturated rings.